The van der Waals surface area contributed by atoms with Crippen molar-refractivity contribution in [2.45, 2.75) is 63.8 Å². The number of carbonyl (C=O) groups excluding carboxylic acids is 3. The average Bonchev–Trinajstić information content (AvgIpc) is 3.62. The van der Waals surface area contributed by atoms with Gasteiger partial charge in [-0.3, -0.25) is 24.0 Å². The number of benzene rings is 1. The molecule has 2 heterocycles. The monoisotopic (exact) mass is 528 g/mol. The second kappa shape index (κ2) is 12.6. The molecule has 2 aromatic rings. The molecule has 0 bridgehead atoms. The Hall–Kier alpha value is -2.85. The molecule has 1 aromatic heterocycles. The molecule has 37 heavy (non-hydrogen) atoms. The average molecular weight is 529 g/mol. The summed E-state index contributed by atoms with van der Waals surface area (Å²) in [5.74, 6) is -0.565. The lowest BCUT2D eigenvalue weighted by Gasteiger charge is -2.38. The summed E-state index contributed by atoms with van der Waals surface area (Å²) in [6, 6.07) is 5.84. The van der Waals surface area contributed by atoms with Gasteiger partial charge in [0.05, 0.1) is 18.8 Å². The van der Waals surface area contributed by atoms with Crippen LogP contribution in [0.4, 0.5) is 4.39 Å². The summed E-state index contributed by atoms with van der Waals surface area (Å²) in [6.07, 6.45) is 6.97. The van der Waals surface area contributed by atoms with Crippen LogP contribution in [-0.2, 0) is 25.7 Å². The molecule has 1 saturated carbocycles. The molecule has 2 aliphatic rings. The Labute approximate surface area is 220 Å². The molecule has 8 nitrogen and oxygen atoms in total. The number of halogens is 1. The van der Waals surface area contributed by atoms with Gasteiger partial charge in [0.15, 0.2) is 10.9 Å². The predicted molar refractivity (Wildman–Crippen MR) is 139 cm³/mol. The van der Waals surface area contributed by atoms with E-state index in [1.54, 1.807) is 42.9 Å². The number of ketones is 1. The number of rotatable bonds is 11. The van der Waals surface area contributed by atoms with Gasteiger partial charge < -0.3 is 4.74 Å². The molecule has 2 fully saturated rings. The molecule has 0 N–H and O–H groups in total. The molecule has 1 saturated heterocycles. The highest BCUT2D eigenvalue weighted by atomic mass is 32.2. The topological polar surface area (TPSA) is 94.4 Å². The number of thioether (sulfide) groups is 1. The zero-order chi connectivity index (χ0) is 26.4. The SMILES string of the molecule is CCOC(=O)CCCn1cc(/C=C2\CN(C(C(=O)C3CC3)c3ccccc3F)CCC2SC(C)=O)nn1. The summed E-state index contributed by atoms with van der Waals surface area (Å²) in [6.45, 7) is 5.23. The number of Topliss-reactive ketones (excluding diaryl/α,β-unsaturated/α-hetero) is 1. The summed E-state index contributed by atoms with van der Waals surface area (Å²) in [5.41, 5.74) is 2.00. The summed E-state index contributed by atoms with van der Waals surface area (Å²) in [5, 5.41) is 8.38. The van der Waals surface area contributed by atoms with Gasteiger partial charge in [0, 0.05) is 49.7 Å². The summed E-state index contributed by atoms with van der Waals surface area (Å²) < 4.78 is 21.5. The van der Waals surface area contributed by atoms with E-state index in [0.29, 0.717) is 56.8 Å². The van der Waals surface area contributed by atoms with Crippen molar-refractivity contribution in [1.82, 2.24) is 19.9 Å². The van der Waals surface area contributed by atoms with Crippen LogP contribution in [0.1, 0.15) is 63.3 Å². The molecule has 1 aliphatic heterocycles. The number of nitrogens with zero attached hydrogens (tertiary/aromatic N) is 4. The molecule has 4 rings (SSSR count). The number of hydrogen-bond acceptors (Lipinski definition) is 8. The summed E-state index contributed by atoms with van der Waals surface area (Å²) in [7, 11) is 0. The standard InChI is InChI=1S/C27H33FN4O4S/c1-3-36-25(34)9-6-13-32-17-21(29-30-32)15-20-16-31(14-12-24(20)37-18(2)33)26(27(35)19-10-11-19)22-7-4-5-8-23(22)28/h4-5,7-8,15,17,19,24,26H,3,6,9-14,16H2,1-2H3/b20-15+. The van der Waals surface area contributed by atoms with Crippen molar-refractivity contribution in [2.24, 2.45) is 5.92 Å². The van der Waals surface area contributed by atoms with Crippen molar-refractivity contribution >= 4 is 34.7 Å². The van der Waals surface area contributed by atoms with Gasteiger partial charge in [-0.15, -0.1) is 5.10 Å². The van der Waals surface area contributed by atoms with E-state index in [9.17, 15) is 18.8 Å². The molecule has 2 atom stereocenters. The molecule has 0 spiro atoms. The van der Waals surface area contributed by atoms with E-state index in [-0.39, 0.29) is 33.9 Å². The van der Waals surface area contributed by atoms with Crippen LogP contribution in [0.15, 0.2) is 36.0 Å². The van der Waals surface area contributed by atoms with Crippen LogP contribution in [0, 0.1) is 11.7 Å². The zero-order valence-corrected chi connectivity index (χ0v) is 22.1. The first-order valence-electron chi connectivity index (χ1n) is 12.8. The minimum absolute atomic E-state index is 0.0177. The van der Waals surface area contributed by atoms with Crippen LogP contribution >= 0.6 is 11.8 Å². The molecule has 198 valence electrons. The van der Waals surface area contributed by atoms with E-state index in [1.807, 2.05) is 11.0 Å². The lowest BCUT2D eigenvalue weighted by Crippen LogP contribution is -2.43. The highest BCUT2D eigenvalue weighted by Gasteiger charge is 2.41. The van der Waals surface area contributed by atoms with E-state index in [0.717, 1.165) is 18.4 Å². The van der Waals surface area contributed by atoms with E-state index in [1.165, 1.54) is 17.8 Å². The summed E-state index contributed by atoms with van der Waals surface area (Å²) in [4.78, 5) is 38.9. The van der Waals surface area contributed by atoms with Gasteiger partial charge in [0.25, 0.3) is 0 Å². The third kappa shape index (κ3) is 7.35. The molecular formula is C27H33FN4O4S. The van der Waals surface area contributed by atoms with Crippen LogP contribution in [0.3, 0.4) is 0 Å². The van der Waals surface area contributed by atoms with Crippen molar-refractivity contribution in [1.29, 1.82) is 0 Å². The van der Waals surface area contributed by atoms with Crippen molar-refractivity contribution in [3.05, 3.63) is 53.1 Å². The van der Waals surface area contributed by atoms with E-state index in [2.05, 4.69) is 10.3 Å². The maximum atomic E-state index is 14.8. The highest BCUT2D eigenvalue weighted by Crippen LogP contribution is 2.40. The van der Waals surface area contributed by atoms with Crippen molar-refractivity contribution in [3.63, 3.8) is 0 Å². The Bertz CT molecular complexity index is 1160. The maximum Gasteiger partial charge on any atom is 0.305 e. The molecular weight excluding hydrogens is 495 g/mol. The number of hydrogen-bond donors (Lipinski definition) is 0. The smallest absolute Gasteiger partial charge is 0.305 e. The van der Waals surface area contributed by atoms with Gasteiger partial charge in [-0.05, 0) is 50.3 Å². The second-order valence-corrected chi connectivity index (χ2v) is 10.9. The lowest BCUT2D eigenvalue weighted by molar-refractivity contribution is -0.143. The molecule has 1 aliphatic carbocycles. The van der Waals surface area contributed by atoms with E-state index >= 15 is 0 Å². The Balaban J connectivity index is 1.54. The Morgan fingerprint density at radius 3 is 2.73 bits per heavy atom. The van der Waals surface area contributed by atoms with Crippen LogP contribution in [0.5, 0.6) is 0 Å². The highest BCUT2D eigenvalue weighted by molar-refractivity contribution is 8.14. The van der Waals surface area contributed by atoms with Gasteiger partial charge in [-0.1, -0.05) is 35.2 Å². The number of piperidine rings is 1. The maximum absolute atomic E-state index is 14.8. The third-order valence-corrected chi connectivity index (χ3v) is 7.72. The van der Waals surface area contributed by atoms with Crippen molar-refractivity contribution < 1.29 is 23.5 Å². The summed E-state index contributed by atoms with van der Waals surface area (Å²) >= 11 is 1.27. The third-order valence-electron chi connectivity index (χ3n) is 6.56. The normalized spacial score (nSPS) is 20.1. The number of carbonyl (C=O) groups is 3. The van der Waals surface area contributed by atoms with Crippen molar-refractivity contribution in [2.75, 3.05) is 19.7 Å². The fraction of sp³-hybridized carbons (Fsp3) is 0.519. The van der Waals surface area contributed by atoms with E-state index < -0.39 is 6.04 Å². The number of esters is 1. The minimum atomic E-state index is -0.654. The lowest BCUT2D eigenvalue weighted by atomic mass is 9.93. The quantitative estimate of drug-likeness (QED) is 0.400. The first-order valence-corrected chi connectivity index (χ1v) is 13.7. The second-order valence-electron chi connectivity index (χ2n) is 9.49. The molecule has 2 unspecified atom stereocenters. The molecule has 0 radical (unpaired) electrons. The van der Waals surface area contributed by atoms with Gasteiger partial charge in [-0.25, -0.2) is 4.39 Å². The van der Waals surface area contributed by atoms with E-state index in [4.69, 9.17) is 4.74 Å². The van der Waals surface area contributed by atoms with Crippen LogP contribution in [-0.4, -0.2) is 61.7 Å². The van der Waals surface area contributed by atoms with Crippen LogP contribution in [0.25, 0.3) is 6.08 Å². The van der Waals surface area contributed by atoms with Gasteiger partial charge in [0.1, 0.15) is 11.5 Å². The Morgan fingerprint density at radius 2 is 2.03 bits per heavy atom. The Morgan fingerprint density at radius 1 is 1.24 bits per heavy atom. The van der Waals surface area contributed by atoms with Crippen molar-refractivity contribution in [3.8, 4) is 0 Å². The van der Waals surface area contributed by atoms with Crippen LogP contribution in [0.2, 0.25) is 0 Å². The number of aryl methyl sites for hydroxylation is 1. The predicted octanol–water partition coefficient (Wildman–Crippen LogP) is 4.22. The fourth-order valence-electron chi connectivity index (χ4n) is 4.69. The largest absolute Gasteiger partial charge is 0.466 e. The fourth-order valence-corrected chi connectivity index (χ4v) is 5.61. The number of ether oxygens (including phenoxy) is 1. The Kier molecular flexibility index (Phi) is 9.26. The van der Waals surface area contributed by atoms with Gasteiger partial charge in [0.2, 0.25) is 0 Å². The van der Waals surface area contributed by atoms with Gasteiger partial charge in [-0.2, -0.15) is 0 Å². The molecule has 10 heteroatoms. The zero-order valence-electron chi connectivity index (χ0n) is 21.3. The number of aromatic nitrogens is 3. The van der Waals surface area contributed by atoms with Crippen LogP contribution < -0.4 is 0 Å². The first-order chi connectivity index (χ1) is 17.9. The number of likely N-dealkylation sites (tertiary alicyclic amines) is 1. The first kappa shape index (κ1) is 27.2. The molecule has 0 amide bonds. The molecule has 1 aromatic carbocycles. The van der Waals surface area contributed by atoms with Gasteiger partial charge >= 0.3 is 5.97 Å². The minimum Gasteiger partial charge on any atom is -0.466 e.